The Morgan fingerprint density at radius 3 is 2.76 bits per heavy atom. The first-order valence-electron chi connectivity index (χ1n) is 7.26. The normalized spacial score (nSPS) is 12.6. The summed E-state index contributed by atoms with van der Waals surface area (Å²) in [5, 5.41) is 7.92. The van der Waals surface area contributed by atoms with Gasteiger partial charge in [-0.3, -0.25) is 4.68 Å². The second kappa shape index (κ2) is 7.18. The van der Waals surface area contributed by atoms with Gasteiger partial charge in [-0.15, -0.1) is 0 Å². The average molecular weight is 354 g/mol. The summed E-state index contributed by atoms with van der Waals surface area (Å²) in [6.45, 7) is 7.80. The van der Waals surface area contributed by atoms with Gasteiger partial charge in [-0.25, -0.2) is 4.39 Å². The van der Waals surface area contributed by atoms with Gasteiger partial charge in [0.1, 0.15) is 5.82 Å². The minimum absolute atomic E-state index is 0.0569. The number of rotatable bonds is 6. The van der Waals surface area contributed by atoms with Crippen molar-refractivity contribution in [1.82, 2.24) is 15.1 Å². The third kappa shape index (κ3) is 3.92. The van der Waals surface area contributed by atoms with Gasteiger partial charge in [-0.2, -0.15) is 5.10 Å². The molecule has 5 heteroatoms. The summed E-state index contributed by atoms with van der Waals surface area (Å²) in [5.41, 5.74) is 3.12. The predicted octanol–water partition coefficient (Wildman–Crippen LogP) is 4.01. The summed E-state index contributed by atoms with van der Waals surface area (Å²) in [6, 6.07) is 6.98. The van der Waals surface area contributed by atoms with Crippen molar-refractivity contribution >= 4 is 15.9 Å². The Morgan fingerprint density at radius 2 is 2.10 bits per heavy atom. The molecule has 1 atom stereocenters. The van der Waals surface area contributed by atoms with Crippen molar-refractivity contribution in [2.75, 3.05) is 6.54 Å². The van der Waals surface area contributed by atoms with E-state index in [1.165, 1.54) is 6.07 Å². The molecule has 1 aromatic heterocycles. The van der Waals surface area contributed by atoms with Crippen LogP contribution in [0.25, 0.3) is 0 Å². The standard InChI is InChI=1S/C16H21BrFN3/c1-4-19-16(14-9-12(18)6-7-15(14)17)10-13-8-11(3)20-21(13)5-2/h6-9,16,19H,4-5,10H2,1-3H3. The van der Waals surface area contributed by atoms with E-state index < -0.39 is 0 Å². The molecule has 21 heavy (non-hydrogen) atoms. The number of nitrogens with zero attached hydrogens (tertiary/aromatic N) is 2. The van der Waals surface area contributed by atoms with Crippen LogP contribution in [0.2, 0.25) is 0 Å². The number of benzene rings is 1. The maximum Gasteiger partial charge on any atom is 0.123 e. The molecule has 2 rings (SSSR count). The number of aryl methyl sites for hydroxylation is 2. The summed E-state index contributed by atoms with van der Waals surface area (Å²) >= 11 is 3.53. The number of likely N-dealkylation sites (N-methyl/N-ethyl adjacent to an activating group) is 1. The van der Waals surface area contributed by atoms with E-state index in [1.807, 2.05) is 11.6 Å². The molecule has 0 saturated carbocycles. The third-order valence-electron chi connectivity index (χ3n) is 3.48. The van der Waals surface area contributed by atoms with Crippen molar-refractivity contribution in [3.05, 3.63) is 51.5 Å². The molecular formula is C16H21BrFN3. The zero-order valence-electron chi connectivity index (χ0n) is 12.7. The fourth-order valence-electron chi connectivity index (χ4n) is 2.57. The summed E-state index contributed by atoms with van der Waals surface area (Å²) in [5.74, 6) is -0.212. The van der Waals surface area contributed by atoms with Crippen LogP contribution in [0.1, 0.15) is 36.8 Å². The Kier molecular flexibility index (Phi) is 5.53. The van der Waals surface area contributed by atoms with Gasteiger partial charge >= 0.3 is 0 Å². The lowest BCUT2D eigenvalue weighted by atomic mass is 10.0. The highest BCUT2D eigenvalue weighted by Crippen LogP contribution is 2.27. The molecule has 0 aliphatic rings. The number of nitrogens with one attached hydrogen (secondary N) is 1. The van der Waals surface area contributed by atoms with Gasteiger partial charge in [-0.05, 0) is 50.2 Å². The van der Waals surface area contributed by atoms with Crippen LogP contribution in [-0.4, -0.2) is 16.3 Å². The molecule has 1 unspecified atom stereocenters. The Hall–Kier alpha value is -1.20. The molecule has 3 nitrogen and oxygen atoms in total. The van der Waals surface area contributed by atoms with Gasteiger partial charge in [0, 0.05) is 29.2 Å². The fourth-order valence-corrected chi connectivity index (χ4v) is 3.09. The summed E-state index contributed by atoms with van der Waals surface area (Å²) < 4.78 is 16.5. The van der Waals surface area contributed by atoms with Crippen molar-refractivity contribution in [3.8, 4) is 0 Å². The molecule has 0 fully saturated rings. The number of aromatic nitrogens is 2. The first-order chi connectivity index (χ1) is 10.0. The lowest BCUT2D eigenvalue weighted by Crippen LogP contribution is -2.24. The first kappa shape index (κ1) is 16.2. The first-order valence-corrected chi connectivity index (χ1v) is 8.06. The summed E-state index contributed by atoms with van der Waals surface area (Å²) in [4.78, 5) is 0. The molecule has 0 aliphatic carbocycles. The fraction of sp³-hybridized carbons (Fsp3) is 0.438. The maximum absolute atomic E-state index is 13.6. The minimum Gasteiger partial charge on any atom is -0.310 e. The number of hydrogen-bond donors (Lipinski definition) is 1. The van der Waals surface area contributed by atoms with E-state index in [1.54, 1.807) is 12.1 Å². The van der Waals surface area contributed by atoms with Crippen LogP contribution in [0.4, 0.5) is 4.39 Å². The Labute approximate surface area is 133 Å². The van der Waals surface area contributed by atoms with E-state index in [0.717, 1.165) is 40.9 Å². The third-order valence-corrected chi connectivity index (χ3v) is 4.20. The van der Waals surface area contributed by atoms with Crippen LogP contribution >= 0.6 is 15.9 Å². The van der Waals surface area contributed by atoms with E-state index in [4.69, 9.17) is 0 Å². The van der Waals surface area contributed by atoms with Gasteiger partial charge in [0.15, 0.2) is 0 Å². The van der Waals surface area contributed by atoms with Crippen LogP contribution < -0.4 is 5.32 Å². The minimum atomic E-state index is -0.212. The van der Waals surface area contributed by atoms with E-state index in [2.05, 4.69) is 46.3 Å². The SMILES string of the molecule is CCNC(Cc1cc(C)nn1CC)c1cc(F)ccc1Br. The highest BCUT2D eigenvalue weighted by molar-refractivity contribution is 9.10. The average Bonchev–Trinajstić information content (AvgIpc) is 2.81. The van der Waals surface area contributed by atoms with Crippen molar-refractivity contribution in [1.29, 1.82) is 0 Å². The number of hydrogen-bond acceptors (Lipinski definition) is 2. The van der Waals surface area contributed by atoms with Crippen LogP contribution in [0.3, 0.4) is 0 Å². The molecular weight excluding hydrogens is 333 g/mol. The van der Waals surface area contributed by atoms with Crippen LogP contribution in [-0.2, 0) is 13.0 Å². The summed E-state index contributed by atoms with van der Waals surface area (Å²) in [7, 11) is 0. The van der Waals surface area contributed by atoms with Crippen molar-refractivity contribution < 1.29 is 4.39 Å². The second-order valence-corrected chi connectivity index (χ2v) is 5.93. The highest BCUT2D eigenvalue weighted by atomic mass is 79.9. The summed E-state index contributed by atoms with van der Waals surface area (Å²) in [6.07, 6.45) is 0.782. The topological polar surface area (TPSA) is 29.9 Å². The zero-order chi connectivity index (χ0) is 15.4. The van der Waals surface area contributed by atoms with Gasteiger partial charge in [0.25, 0.3) is 0 Å². The van der Waals surface area contributed by atoms with Gasteiger partial charge < -0.3 is 5.32 Å². The number of halogens is 2. The molecule has 114 valence electrons. The van der Waals surface area contributed by atoms with E-state index in [-0.39, 0.29) is 11.9 Å². The van der Waals surface area contributed by atoms with Crippen LogP contribution in [0.5, 0.6) is 0 Å². The lowest BCUT2D eigenvalue weighted by molar-refractivity contribution is 0.511. The Balaban J connectivity index is 2.32. The van der Waals surface area contributed by atoms with Gasteiger partial charge in [-0.1, -0.05) is 22.9 Å². The zero-order valence-corrected chi connectivity index (χ0v) is 14.2. The van der Waals surface area contributed by atoms with E-state index in [9.17, 15) is 4.39 Å². The van der Waals surface area contributed by atoms with Crippen LogP contribution in [0, 0.1) is 12.7 Å². The molecule has 0 radical (unpaired) electrons. The molecule has 1 N–H and O–H groups in total. The Bertz CT molecular complexity index is 610. The molecule has 2 aromatic rings. The molecule has 1 heterocycles. The van der Waals surface area contributed by atoms with Gasteiger partial charge in [0.2, 0.25) is 0 Å². The molecule has 1 aromatic carbocycles. The highest BCUT2D eigenvalue weighted by Gasteiger charge is 2.17. The van der Waals surface area contributed by atoms with E-state index >= 15 is 0 Å². The van der Waals surface area contributed by atoms with E-state index in [0.29, 0.717) is 0 Å². The molecule has 0 saturated heterocycles. The quantitative estimate of drug-likeness (QED) is 0.850. The predicted molar refractivity (Wildman–Crippen MR) is 86.9 cm³/mol. The molecule has 0 spiro atoms. The largest absolute Gasteiger partial charge is 0.310 e. The van der Waals surface area contributed by atoms with Crippen molar-refractivity contribution in [2.45, 2.75) is 39.8 Å². The molecule has 0 aliphatic heterocycles. The Morgan fingerprint density at radius 1 is 1.33 bits per heavy atom. The van der Waals surface area contributed by atoms with Gasteiger partial charge in [0.05, 0.1) is 5.69 Å². The molecule has 0 amide bonds. The van der Waals surface area contributed by atoms with Crippen LogP contribution in [0.15, 0.2) is 28.7 Å². The second-order valence-electron chi connectivity index (χ2n) is 5.07. The monoisotopic (exact) mass is 353 g/mol. The maximum atomic E-state index is 13.6. The lowest BCUT2D eigenvalue weighted by Gasteiger charge is -2.20. The van der Waals surface area contributed by atoms with Crippen molar-refractivity contribution in [2.24, 2.45) is 0 Å². The smallest absolute Gasteiger partial charge is 0.123 e. The molecule has 0 bridgehead atoms. The van der Waals surface area contributed by atoms with Crippen molar-refractivity contribution in [3.63, 3.8) is 0 Å².